The third-order valence-corrected chi connectivity index (χ3v) is 6.42. The monoisotopic (exact) mass is 306 g/mol. The van der Waals surface area contributed by atoms with Crippen LogP contribution in [0.2, 0.25) is 5.02 Å². The van der Waals surface area contributed by atoms with Crippen LogP contribution in [0.1, 0.15) is 6.92 Å². The Morgan fingerprint density at radius 1 is 1.50 bits per heavy atom. The van der Waals surface area contributed by atoms with Gasteiger partial charge in [0.1, 0.15) is 0 Å². The van der Waals surface area contributed by atoms with Gasteiger partial charge in [0.05, 0.1) is 15.6 Å². The van der Waals surface area contributed by atoms with Gasteiger partial charge in [0.15, 0.2) is 0 Å². The van der Waals surface area contributed by atoms with Crippen molar-refractivity contribution in [1.29, 1.82) is 0 Å². The van der Waals surface area contributed by atoms with Gasteiger partial charge in [-0.2, -0.15) is 16.1 Å². The second-order valence-electron chi connectivity index (χ2n) is 4.22. The summed E-state index contributed by atoms with van der Waals surface area (Å²) >= 11 is 7.58. The maximum atomic E-state index is 12.5. The van der Waals surface area contributed by atoms with Crippen LogP contribution in [0.25, 0.3) is 0 Å². The van der Waals surface area contributed by atoms with Crippen LogP contribution in [0.15, 0.2) is 23.1 Å². The Balaban J connectivity index is 2.37. The van der Waals surface area contributed by atoms with Gasteiger partial charge in [0.25, 0.3) is 0 Å². The van der Waals surface area contributed by atoms with Crippen molar-refractivity contribution in [3.63, 3.8) is 0 Å². The van der Waals surface area contributed by atoms with Crippen molar-refractivity contribution in [2.45, 2.75) is 17.9 Å². The number of thioether (sulfide) groups is 1. The lowest BCUT2D eigenvalue weighted by Gasteiger charge is -2.32. The average Bonchev–Trinajstić information content (AvgIpc) is 2.33. The van der Waals surface area contributed by atoms with E-state index in [0.29, 0.717) is 11.6 Å². The summed E-state index contributed by atoms with van der Waals surface area (Å²) in [6.07, 6.45) is 0. The maximum absolute atomic E-state index is 12.5. The van der Waals surface area contributed by atoms with Crippen LogP contribution in [0, 0.1) is 0 Å². The molecular formula is C11H15ClN2O2S2. The molecule has 1 unspecified atom stereocenters. The summed E-state index contributed by atoms with van der Waals surface area (Å²) in [7, 11) is -3.47. The summed E-state index contributed by atoms with van der Waals surface area (Å²) in [5.41, 5.74) is 5.95. The summed E-state index contributed by atoms with van der Waals surface area (Å²) in [6.45, 7) is 2.46. The normalized spacial score (nSPS) is 22.0. The fourth-order valence-corrected chi connectivity index (χ4v) is 4.89. The summed E-state index contributed by atoms with van der Waals surface area (Å²) in [5, 5.41) is 0.371. The van der Waals surface area contributed by atoms with Crippen LogP contribution in [0.4, 0.5) is 5.69 Å². The van der Waals surface area contributed by atoms with E-state index in [4.69, 9.17) is 17.3 Å². The predicted molar refractivity (Wildman–Crippen MR) is 76.5 cm³/mol. The second-order valence-corrected chi connectivity index (χ2v) is 7.67. The van der Waals surface area contributed by atoms with Crippen molar-refractivity contribution in [3.05, 3.63) is 23.2 Å². The Hall–Kier alpha value is -0.430. The molecule has 1 heterocycles. The number of nitrogen functional groups attached to an aromatic ring is 1. The van der Waals surface area contributed by atoms with Crippen LogP contribution >= 0.6 is 23.4 Å². The molecule has 1 saturated heterocycles. The molecule has 1 aliphatic heterocycles. The zero-order chi connectivity index (χ0) is 13.3. The van der Waals surface area contributed by atoms with Gasteiger partial charge < -0.3 is 5.73 Å². The minimum Gasteiger partial charge on any atom is -0.397 e. The number of nitrogens with zero attached hydrogens (tertiary/aromatic N) is 1. The fraction of sp³-hybridized carbons (Fsp3) is 0.455. The lowest BCUT2D eigenvalue weighted by atomic mass is 10.3. The highest BCUT2D eigenvalue weighted by molar-refractivity contribution is 7.99. The van der Waals surface area contributed by atoms with Gasteiger partial charge in [0, 0.05) is 24.1 Å². The van der Waals surface area contributed by atoms with Gasteiger partial charge >= 0.3 is 0 Å². The minimum absolute atomic E-state index is 0.00523. The van der Waals surface area contributed by atoms with E-state index in [9.17, 15) is 8.42 Å². The van der Waals surface area contributed by atoms with E-state index in [0.717, 1.165) is 11.5 Å². The SMILES string of the molecule is CC1CSCCN1S(=O)(=O)c1ccc(Cl)c(N)c1. The average molecular weight is 307 g/mol. The van der Waals surface area contributed by atoms with Gasteiger partial charge in [-0.1, -0.05) is 11.6 Å². The summed E-state index contributed by atoms with van der Waals surface area (Å²) in [5.74, 6) is 1.65. The number of hydrogen-bond acceptors (Lipinski definition) is 4. The van der Waals surface area contributed by atoms with Crippen molar-refractivity contribution in [3.8, 4) is 0 Å². The Kier molecular flexibility index (Phi) is 4.11. The van der Waals surface area contributed by atoms with Crippen molar-refractivity contribution in [1.82, 2.24) is 4.31 Å². The van der Waals surface area contributed by atoms with Crippen LogP contribution in [0.3, 0.4) is 0 Å². The van der Waals surface area contributed by atoms with Crippen LogP contribution in [-0.4, -0.2) is 36.8 Å². The third kappa shape index (κ3) is 2.61. The van der Waals surface area contributed by atoms with Gasteiger partial charge in [-0.3, -0.25) is 0 Å². The van der Waals surface area contributed by atoms with Crippen LogP contribution in [0.5, 0.6) is 0 Å². The number of nitrogens with two attached hydrogens (primary N) is 1. The molecule has 0 bridgehead atoms. The molecule has 18 heavy (non-hydrogen) atoms. The van der Waals surface area contributed by atoms with E-state index in [1.165, 1.54) is 22.5 Å². The Labute approximate surface area is 117 Å². The van der Waals surface area contributed by atoms with Gasteiger partial charge in [-0.25, -0.2) is 8.42 Å². The highest BCUT2D eigenvalue weighted by Crippen LogP contribution is 2.27. The molecule has 2 N–H and O–H groups in total. The third-order valence-electron chi connectivity index (χ3n) is 2.88. The lowest BCUT2D eigenvalue weighted by molar-refractivity contribution is 0.367. The highest BCUT2D eigenvalue weighted by atomic mass is 35.5. The Bertz CT molecular complexity index is 548. The van der Waals surface area contributed by atoms with Crippen LogP contribution in [-0.2, 0) is 10.0 Å². The Morgan fingerprint density at radius 3 is 2.83 bits per heavy atom. The number of sulfonamides is 1. The molecule has 1 fully saturated rings. The molecule has 1 atom stereocenters. The van der Waals surface area contributed by atoms with Crippen molar-refractivity contribution in [2.75, 3.05) is 23.8 Å². The van der Waals surface area contributed by atoms with E-state index in [1.807, 2.05) is 6.92 Å². The number of rotatable bonds is 2. The number of halogens is 1. The second kappa shape index (κ2) is 5.28. The largest absolute Gasteiger partial charge is 0.397 e. The van der Waals surface area contributed by atoms with E-state index in [1.54, 1.807) is 11.8 Å². The van der Waals surface area contributed by atoms with Crippen LogP contribution < -0.4 is 5.73 Å². The molecule has 100 valence electrons. The van der Waals surface area contributed by atoms with Crippen molar-refractivity contribution in [2.24, 2.45) is 0 Å². The smallest absolute Gasteiger partial charge is 0.243 e. The Morgan fingerprint density at radius 2 is 2.22 bits per heavy atom. The molecule has 2 rings (SSSR count). The molecule has 0 spiro atoms. The molecule has 0 radical (unpaired) electrons. The fourth-order valence-electron chi connectivity index (χ4n) is 1.89. The molecule has 1 aromatic carbocycles. The first kappa shape index (κ1) is 14.0. The minimum atomic E-state index is -3.47. The number of anilines is 1. The maximum Gasteiger partial charge on any atom is 0.243 e. The first-order chi connectivity index (χ1) is 8.43. The first-order valence-electron chi connectivity index (χ1n) is 5.57. The van der Waals surface area contributed by atoms with Gasteiger partial charge in [-0.05, 0) is 25.1 Å². The number of hydrogen-bond donors (Lipinski definition) is 1. The van der Waals surface area contributed by atoms with Gasteiger partial charge in [0.2, 0.25) is 10.0 Å². The van der Waals surface area contributed by atoms with Crippen molar-refractivity contribution >= 4 is 39.1 Å². The summed E-state index contributed by atoms with van der Waals surface area (Å²) in [6, 6.07) is 4.45. The molecule has 1 aliphatic rings. The zero-order valence-electron chi connectivity index (χ0n) is 9.97. The molecular weight excluding hydrogens is 292 g/mol. The molecule has 0 aromatic heterocycles. The zero-order valence-corrected chi connectivity index (χ0v) is 12.4. The van der Waals surface area contributed by atoms with E-state index in [2.05, 4.69) is 0 Å². The highest BCUT2D eigenvalue weighted by Gasteiger charge is 2.31. The van der Waals surface area contributed by atoms with E-state index >= 15 is 0 Å². The van der Waals surface area contributed by atoms with Gasteiger partial charge in [-0.15, -0.1) is 0 Å². The lowest BCUT2D eigenvalue weighted by Crippen LogP contribution is -2.44. The molecule has 0 amide bonds. The topological polar surface area (TPSA) is 63.4 Å². The molecule has 7 heteroatoms. The summed E-state index contributed by atoms with van der Waals surface area (Å²) < 4.78 is 26.5. The van der Waals surface area contributed by atoms with Crippen molar-refractivity contribution < 1.29 is 8.42 Å². The predicted octanol–water partition coefficient (Wildman–Crippen LogP) is 2.05. The van der Waals surface area contributed by atoms with E-state index in [-0.39, 0.29) is 16.6 Å². The molecule has 0 saturated carbocycles. The standard InChI is InChI=1S/C11H15ClN2O2S2/c1-8-7-17-5-4-14(8)18(15,16)9-2-3-10(12)11(13)6-9/h2-3,6,8H,4-5,7,13H2,1H3. The quantitative estimate of drug-likeness (QED) is 0.849. The van der Waals surface area contributed by atoms with E-state index < -0.39 is 10.0 Å². The molecule has 0 aliphatic carbocycles. The summed E-state index contributed by atoms with van der Waals surface area (Å²) in [4.78, 5) is 0.211. The molecule has 4 nitrogen and oxygen atoms in total. The number of benzene rings is 1. The first-order valence-corrected chi connectivity index (χ1v) is 8.55. The molecule has 1 aromatic rings.